The van der Waals surface area contributed by atoms with Crippen LogP contribution >= 0.6 is 0 Å². The first-order valence-corrected chi connectivity index (χ1v) is 5.91. The third kappa shape index (κ3) is 3.08. The zero-order valence-corrected chi connectivity index (χ0v) is 10.2. The quantitative estimate of drug-likeness (QED) is 0.824. The van der Waals surface area contributed by atoms with Gasteiger partial charge in [-0.15, -0.1) is 0 Å². The molecule has 0 fully saturated rings. The molecule has 0 aliphatic rings. The lowest BCUT2D eigenvalue weighted by Gasteiger charge is -2.12. The molecule has 0 radical (unpaired) electrons. The van der Waals surface area contributed by atoms with Gasteiger partial charge in [0.05, 0.1) is 0 Å². The number of hydrogen-bond acceptors (Lipinski definition) is 2. The van der Waals surface area contributed by atoms with Crippen molar-refractivity contribution in [2.45, 2.75) is 46.6 Å². The first-order valence-electron chi connectivity index (χ1n) is 5.91. The molecule has 1 unspecified atom stereocenters. The number of H-pyrrole nitrogens is 1. The smallest absolute Gasteiger partial charge is 0.300 e. The number of nitrogens with one attached hydrogen (secondary N) is 1. The van der Waals surface area contributed by atoms with Crippen LogP contribution in [-0.4, -0.2) is 9.55 Å². The Hall–Kier alpha value is -1.32. The van der Waals surface area contributed by atoms with Crippen molar-refractivity contribution in [2.75, 3.05) is 0 Å². The molecule has 0 saturated carbocycles. The Morgan fingerprint density at radius 1 is 1.38 bits per heavy atom. The number of aromatic amines is 1. The summed E-state index contributed by atoms with van der Waals surface area (Å²) in [5.41, 5.74) is 0.111. The summed E-state index contributed by atoms with van der Waals surface area (Å²) in [6.45, 7) is 6.83. The van der Waals surface area contributed by atoms with Crippen molar-refractivity contribution < 1.29 is 0 Å². The van der Waals surface area contributed by atoms with Gasteiger partial charge < -0.3 is 4.57 Å². The molecule has 1 N–H and O–H groups in total. The fourth-order valence-corrected chi connectivity index (χ4v) is 1.86. The normalized spacial score (nSPS) is 12.7. The lowest BCUT2D eigenvalue weighted by atomic mass is 10.1. The number of hydrogen-bond donors (Lipinski definition) is 1. The van der Waals surface area contributed by atoms with Crippen molar-refractivity contribution in [1.29, 1.82) is 0 Å². The van der Waals surface area contributed by atoms with E-state index in [9.17, 15) is 9.59 Å². The van der Waals surface area contributed by atoms with E-state index in [1.165, 1.54) is 0 Å². The number of aromatic nitrogens is 2. The third-order valence-electron chi connectivity index (χ3n) is 2.76. The van der Waals surface area contributed by atoms with E-state index in [2.05, 4.69) is 18.8 Å². The van der Waals surface area contributed by atoms with E-state index in [1.807, 2.05) is 6.92 Å². The van der Waals surface area contributed by atoms with Crippen LogP contribution in [0.1, 0.15) is 39.2 Å². The van der Waals surface area contributed by atoms with Gasteiger partial charge in [-0.25, -0.2) is 4.79 Å². The van der Waals surface area contributed by atoms with Crippen LogP contribution in [0.2, 0.25) is 0 Å². The Morgan fingerprint density at radius 2 is 2.06 bits per heavy atom. The molecule has 0 saturated heterocycles. The summed E-state index contributed by atoms with van der Waals surface area (Å²) in [6.07, 6.45) is 4.54. The van der Waals surface area contributed by atoms with Gasteiger partial charge in [0.15, 0.2) is 0 Å². The molecule has 4 nitrogen and oxygen atoms in total. The second kappa shape index (κ2) is 5.68. The number of rotatable bonds is 5. The van der Waals surface area contributed by atoms with Crippen LogP contribution in [0.25, 0.3) is 0 Å². The highest BCUT2D eigenvalue weighted by molar-refractivity contribution is 5.03. The summed E-state index contributed by atoms with van der Waals surface area (Å²) >= 11 is 0. The fourth-order valence-electron chi connectivity index (χ4n) is 1.86. The average Bonchev–Trinajstić information content (AvgIpc) is 2.22. The standard InChI is InChI=1S/C12H20N2O2/c1-4-6-9(3)7-14-8-10(5-2)11(15)13-12(14)16/h8-9H,4-7H2,1-3H3,(H,13,15,16). The molecule has 0 spiro atoms. The molecule has 1 heterocycles. The monoisotopic (exact) mass is 224 g/mol. The van der Waals surface area contributed by atoms with E-state index < -0.39 is 0 Å². The fraction of sp³-hybridized carbons (Fsp3) is 0.667. The maximum Gasteiger partial charge on any atom is 0.328 e. The van der Waals surface area contributed by atoms with Crippen LogP contribution in [0.4, 0.5) is 0 Å². The van der Waals surface area contributed by atoms with Crippen LogP contribution < -0.4 is 11.2 Å². The first kappa shape index (κ1) is 12.7. The Bertz CT molecular complexity index is 445. The molecular formula is C12H20N2O2. The second-order valence-corrected chi connectivity index (χ2v) is 4.31. The molecule has 0 aliphatic heterocycles. The lowest BCUT2D eigenvalue weighted by molar-refractivity contribution is 0.432. The molecule has 1 aromatic rings. The van der Waals surface area contributed by atoms with Crippen LogP contribution in [0, 0.1) is 5.92 Å². The number of nitrogens with zero attached hydrogens (tertiary/aromatic N) is 1. The topological polar surface area (TPSA) is 54.9 Å². The molecule has 0 aliphatic carbocycles. The highest BCUT2D eigenvalue weighted by Crippen LogP contribution is 2.06. The van der Waals surface area contributed by atoms with Gasteiger partial charge in [0.1, 0.15) is 0 Å². The molecule has 4 heteroatoms. The molecule has 90 valence electrons. The van der Waals surface area contributed by atoms with Gasteiger partial charge in [-0.3, -0.25) is 9.78 Å². The van der Waals surface area contributed by atoms with Gasteiger partial charge in [0.25, 0.3) is 5.56 Å². The summed E-state index contributed by atoms with van der Waals surface area (Å²) in [4.78, 5) is 25.3. The average molecular weight is 224 g/mol. The van der Waals surface area contributed by atoms with Gasteiger partial charge in [-0.1, -0.05) is 27.2 Å². The summed E-state index contributed by atoms with van der Waals surface area (Å²) < 4.78 is 1.61. The number of aryl methyl sites for hydroxylation is 1. The van der Waals surface area contributed by atoms with Crippen LogP contribution in [-0.2, 0) is 13.0 Å². The summed E-state index contributed by atoms with van der Waals surface area (Å²) in [7, 11) is 0. The zero-order chi connectivity index (χ0) is 12.1. The van der Waals surface area contributed by atoms with E-state index >= 15 is 0 Å². The summed E-state index contributed by atoms with van der Waals surface area (Å²) in [5.74, 6) is 0.457. The van der Waals surface area contributed by atoms with Crippen LogP contribution in [0.15, 0.2) is 15.8 Å². The van der Waals surface area contributed by atoms with E-state index in [0.717, 1.165) is 12.8 Å². The molecule has 1 aromatic heterocycles. The second-order valence-electron chi connectivity index (χ2n) is 4.31. The highest BCUT2D eigenvalue weighted by Gasteiger charge is 2.06. The van der Waals surface area contributed by atoms with Gasteiger partial charge in [-0.2, -0.15) is 0 Å². The first-order chi connectivity index (χ1) is 7.58. The molecule has 1 atom stereocenters. The van der Waals surface area contributed by atoms with Crippen molar-refractivity contribution >= 4 is 0 Å². The van der Waals surface area contributed by atoms with Crippen molar-refractivity contribution in [1.82, 2.24) is 9.55 Å². The van der Waals surface area contributed by atoms with E-state index in [-0.39, 0.29) is 11.2 Å². The van der Waals surface area contributed by atoms with Crippen molar-refractivity contribution in [3.05, 3.63) is 32.6 Å². The maximum absolute atomic E-state index is 11.6. The molecule has 0 aromatic carbocycles. The Kier molecular flexibility index (Phi) is 4.52. The largest absolute Gasteiger partial charge is 0.328 e. The maximum atomic E-state index is 11.6. The molecular weight excluding hydrogens is 204 g/mol. The van der Waals surface area contributed by atoms with Gasteiger partial charge in [0.2, 0.25) is 0 Å². The van der Waals surface area contributed by atoms with E-state index in [0.29, 0.717) is 24.4 Å². The van der Waals surface area contributed by atoms with Crippen molar-refractivity contribution in [3.8, 4) is 0 Å². The minimum atomic E-state index is -0.301. The summed E-state index contributed by atoms with van der Waals surface area (Å²) in [5, 5.41) is 0. The summed E-state index contributed by atoms with van der Waals surface area (Å²) in [6, 6.07) is 0. The van der Waals surface area contributed by atoms with Crippen molar-refractivity contribution in [3.63, 3.8) is 0 Å². The zero-order valence-electron chi connectivity index (χ0n) is 10.2. The third-order valence-corrected chi connectivity index (χ3v) is 2.76. The minimum absolute atomic E-state index is 0.258. The Labute approximate surface area is 95.3 Å². The van der Waals surface area contributed by atoms with E-state index in [4.69, 9.17) is 0 Å². The van der Waals surface area contributed by atoms with Crippen molar-refractivity contribution in [2.24, 2.45) is 5.92 Å². The molecule has 16 heavy (non-hydrogen) atoms. The van der Waals surface area contributed by atoms with Crippen LogP contribution in [0.5, 0.6) is 0 Å². The molecule has 0 amide bonds. The SMILES string of the molecule is CCCC(C)Cn1cc(CC)c(=O)[nH]c1=O. The van der Waals surface area contributed by atoms with Gasteiger partial charge >= 0.3 is 5.69 Å². The predicted octanol–water partition coefficient (Wildman–Crippen LogP) is 1.54. The molecule has 0 bridgehead atoms. The Balaban J connectivity index is 2.96. The van der Waals surface area contributed by atoms with E-state index in [1.54, 1.807) is 10.8 Å². The predicted molar refractivity (Wildman–Crippen MR) is 64.8 cm³/mol. The lowest BCUT2D eigenvalue weighted by Crippen LogP contribution is -2.32. The van der Waals surface area contributed by atoms with Gasteiger partial charge in [-0.05, 0) is 18.8 Å². The van der Waals surface area contributed by atoms with Crippen LogP contribution in [0.3, 0.4) is 0 Å². The Morgan fingerprint density at radius 3 is 2.62 bits per heavy atom. The molecule has 1 rings (SSSR count). The van der Waals surface area contributed by atoms with Gasteiger partial charge in [0, 0.05) is 18.3 Å². The highest BCUT2D eigenvalue weighted by atomic mass is 16.2. The minimum Gasteiger partial charge on any atom is -0.300 e.